The number of aliphatic hydroxyl groups excluding tert-OH is 2. The second-order valence-electron chi connectivity index (χ2n) is 4.10. The molecule has 2 atom stereocenters. The predicted octanol–water partition coefficient (Wildman–Crippen LogP) is 1.16. The van der Waals surface area contributed by atoms with Gasteiger partial charge in [0.15, 0.2) is 0 Å². The molecular weight excluding hydrogens is 140 g/mol. The van der Waals surface area contributed by atoms with Gasteiger partial charge in [0, 0.05) is 0 Å². The van der Waals surface area contributed by atoms with Crippen LogP contribution in [0.15, 0.2) is 0 Å². The van der Waals surface area contributed by atoms with Crippen molar-refractivity contribution in [2.24, 2.45) is 11.8 Å². The highest BCUT2D eigenvalue weighted by Crippen LogP contribution is 2.30. The minimum atomic E-state index is -0.459. The molecule has 2 nitrogen and oxygen atoms in total. The first-order valence-corrected chi connectivity index (χ1v) is 4.45. The van der Waals surface area contributed by atoms with Gasteiger partial charge in [-0.05, 0) is 31.1 Å². The Kier molecular flexibility index (Phi) is 2.90. The molecule has 1 rings (SSSR count). The lowest BCUT2D eigenvalue weighted by molar-refractivity contribution is 0.0438. The summed E-state index contributed by atoms with van der Waals surface area (Å²) in [5.41, 5.74) is 0. The second kappa shape index (κ2) is 3.55. The fourth-order valence-corrected chi connectivity index (χ4v) is 1.95. The Morgan fingerprint density at radius 3 is 2.00 bits per heavy atom. The standard InChI is InChI=1S/C9H18O2/c1-6(2)3-7-4-8(10)9(11)5-7/h6-11H,3-5H2,1-2H3. The van der Waals surface area contributed by atoms with Crippen LogP contribution in [0.5, 0.6) is 0 Å². The topological polar surface area (TPSA) is 40.5 Å². The molecule has 0 heterocycles. The van der Waals surface area contributed by atoms with Gasteiger partial charge in [0.25, 0.3) is 0 Å². The Morgan fingerprint density at radius 2 is 1.64 bits per heavy atom. The molecular formula is C9H18O2. The lowest BCUT2D eigenvalue weighted by Gasteiger charge is -2.10. The average molecular weight is 158 g/mol. The van der Waals surface area contributed by atoms with Gasteiger partial charge in [-0.3, -0.25) is 0 Å². The molecule has 0 aliphatic heterocycles. The average Bonchev–Trinajstić information content (AvgIpc) is 2.10. The van der Waals surface area contributed by atoms with E-state index in [2.05, 4.69) is 13.8 Å². The Bertz CT molecular complexity index is 110. The maximum atomic E-state index is 9.23. The highest BCUT2D eigenvalue weighted by atomic mass is 16.3. The van der Waals surface area contributed by atoms with E-state index in [9.17, 15) is 10.2 Å². The van der Waals surface area contributed by atoms with Crippen LogP contribution in [0.3, 0.4) is 0 Å². The summed E-state index contributed by atoms with van der Waals surface area (Å²) in [5, 5.41) is 18.5. The van der Waals surface area contributed by atoms with Gasteiger partial charge >= 0.3 is 0 Å². The molecule has 0 aromatic carbocycles. The molecule has 0 radical (unpaired) electrons. The SMILES string of the molecule is CC(C)CC1CC(O)C(O)C1. The van der Waals surface area contributed by atoms with Crippen LogP contribution >= 0.6 is 0 Å². The van der Waals surface area contributed by atoms with Crippen molar-refractivity contribution >= 4 is 0 Å². The fourth-order valence-electron chi connectivity index (χ4n) is 1.95. The molecule has 0 aromatic rings. The van der Waals surface area contributed by atoms with Crippen molar-refractivity contribution in [2.45, 2.75) is 45.3 Å². The van der Waals surface area contributed by atoms with E-state index in [0.29, 0.717) is 11.8 Å². The number of aliphatic hydroxyl groups is 2. The summed E-state index contributed by atoms with van der Waals surface area (Å²) in [6.07, 6.45) is 1.80. The van der Waals surface area contributed by atoms with E-state index in [1.54, 1.807) is 0 Å². The molecule has 0 saturated heterocycles. The third-order valence-corrected chi connectivity index (χ3v) is 2.40. The molecule has 0 amide bonds. The van der Waals surface area contributed by atoms with E-state index in [1.807, 2.05) is 0 Å². The van der Waals surface area contributed by atoms with E-state index in [0.717, 1.165) is 19.3 Å². The third kappa shape index (κ3) is 2.46. The predicted molar refractivity (Wildman–Crippen MR) is 44.2 cm³/mol. The molecule has 2 heteroatoms. The minimum Gasteiger partial charge on any atom is -0.390 e. The van der Waals surface area contributed by atoms with E-state index in [4.69, 9.17) is 0 Å². The van der Waals surface area contributed by atoms with Crippen molar-refractivity contribution in [1.29, 1.82) is 0 Å². The molecule has 66 valence electrons. The van der Waals surface area contributed by atoms with Crippen molar-refractivity contribution in [3.63, 3.8) is 0 Å². The smallest absolute Gasteiger partial charge is 0.0801 e. The van der Waals surface area contributed by atoms with Crippen LogP contribution in [-0.4, -0.2) is 22.4 Å². The normalized spacial score (nSPS) is 38.5. The van der Waals surface area contributed by atoms with Crippen LogP contribution in [0.1, 0.15) is 33.1 Å². The molecule has 1 saturated carbocycles. The molecule has 2 unspecified atom stereocenters. The Labute approximate surface area is 68.2 Å². The van der Waals surface area contributed by atoms with E-state index in [1.165, 1.54) is 0 Å². The van der Waals surface area contributed by atoms with Crippen molar-refractivity contribution in [3.05, 3.63) is 0 Å². The molecule has 11 heavy (non-hydrogen) atoms. The first kappa shape index (κ1) is 9.01. The molecule has 1 fully saturated rings. The lowest BCUT2D eigenvalue weighted by Crippen LogP contribution is -2.17. The van der Waals surface area contributed by atoms with Gasteiger partial charge in [0.05, 0.1) is 12.2 Å². The second-order valence-corrected chi connectivity index (χ2v) is 4.10. The quantitative estimate of drug-likeness (QED) is 0.633. The summed E-state index contributed by atoms with van der Waals surface area (Å²) in [4.78, 5) is 0. The van der Waals surface area contributed by atoms with Crippen molar-refractivity contribution in [1.82, 2.24) is 0 Å². The zero-order valence-electron chi connectivity index (χ0n) is 7.33. The van der Waals surface area contributed by atoms with Gasteiger partial charge < -0.3 is 10.2 Å². The maximum absolute atomic E-state index is 9.23. The first-order valence-electron chi connectivity index (χ1n) is 4.45. The summed E-state index contributed by atoms with van der Waals surface area (Å²) in [6, 6.07) is 0. The zero-order valence-corrected chi connectivity index (χ0v) is 7.33. The third-order valence-electron chi connectivity index (χ3n) is 2.40. The monoisotopic (exact) mass is 158 g/mol. The molecule has 1 aliphatic carbocycles. The lowest BCUT2D eigenvalue weighted by atomic mass is 9.96. The minimum absolute atomic E-state index is 0.459. The summed E-state index contributed by atoms with van der Waals surface area (Å²) in [5.74, 6) is 1.22. The van der Waals surface area contributed by atoms with Gasteiger partial charge in [0.1, 0.15) is 0 Å². The Balaban J connectivity index is 2.29. The van der Waals surface area contributed by atoms with E-state index >= 15 is 0 Å². The van der Waals surface area contributed by atoms with Gasteiger partial charge in [-0.2, -0.15) is 0 Å². The number of hydrogen-bond acceptors (Lipinski definition) is 2. The summed E-state index contributed by atoms with van der Waals surface area (Å²) in [6.45, 7) is 4.36. The molecule has 0 aromatic heterocycles. The van der Waals surface area contributed by atoms with Crippen molar-refractivity contribution < 1.29 is 10.2 Å². The largest absolute Gasteiger partial charge is 0.390 e. The van der Waals surface area contributed by atoms with Crippen LogP contribution in [0.25, 0.3) is 0 Å². The fraction of sp³-hybridized carbons (Fsp3) is 1.00. The summed E-state index contributed by atoms with van der Waals surface area (Å²) < 4.78 is 0. The maximum Gasteiger partial charge on any atom is 0.0801 e. The highest BCUT2D eigenvalue weighted by molar-refractivity contribution is 4.82. The van der Waals surface area contributed by atoms with Gasteiger partial charge in [0.2, 0.25) is 0 Å². The van der Waals surface area contributed by atoms with Crippen LogP contribution < -0.4 is 0 Å². The number of hydrogen-bond donors (Lipinski definition) is 2. The molecule has 2 N–H and O–H groups in total. The Morgan fingerprint density at radius 1 is 1.18 bits per heavy atom. The summed E-state index contributed by atoms with van der Waals surface area (Å²) in [7, 11) is 0. The van der Waals surface area contributed by atoms with E-state index in [-0.39, 0.29) is 0 Å². The zero-order chi connectivity index (χ0) is 8.43. The summed E-state index contributed by atoms with van der Waals surface area (Å²) >= 11 is 0. The van der Waals surface area contributed by atoms with Crippen molar-refractivity contribution in [3.8, 4) is 0 Å². The van der Waals surface area contributed by atoms with Crippen LogP contribution in [-0.2, 0) is 0 Å². The molecule has 0 spiro atoms. The van der Waals surface area contributed by atoms with Crippen LogP contribution in [0.4, 0.5) is 0 Å². The first-order chi connectivity index (χ1) is 5.09. The van der Waals surface area contributed by atoms with E-state index < -0.39 is 12.2 Å². The Hall–Kier alpha value is -0.0800. The van der Waals surface area contributed by atoms with Crippen LogP contribution in [0, 0.1) is 11.8 Å². The van der Waals surface area contributed by atoms with Crippen molar-refractivity contribution in [2.75, 3.05) is 0 Å². The van der Waals surface area contributed by atoms with Gasteiger partial charge in [-0.15, -0.1) is 0 Å². The molecule has 0 bridgehead atoms. The van der Waals surface area contributed by atoms with Gasteiger partial charge in [-0.1, -0.05) is 13.8 Å². The molecule has 1 aliphatic rings. The van der Waals surface area contributed by atoms with Gasteiger partial charge in [-0.25, -0.2) is 0 Å². The van der Waals surface area contributed by atoms with Crippen LogP contribution in [0.2, 0.25) is 0 Å². The number of rotatable bonds is 2. The highest BCUT2D eigenvalue weighted by Gasteiger charge is 2.31.